The molecule has 2 aromatic heterocycles. The molecule has 0 unspecified atom stereocenters. The van der Waals surface area contributed by atoms with Crippen LogP contribution in [0.25, 0.3) is 0 Å². The number of hydrogen-bond acceptors (Lipinski definition) is 6. The van der Waals surface area contributed by atoms with Crippen LogP contribution in [0.15, 0.2) is 29.0 Å². The van der Waals surface area contributed by atoms with Gasteiger partial charge in [-0.15, -0.1) is 0 Å². The number of rotatable bonds is 3. The highest BCUT2D eigenvalue weighted by atomic mass is 16.5. The van der Waals surface area contributed by atoms with E-state index in [0.29, 0.717) is 32.3 Å². The highest BCUT2D eigenvalue weighted by Crippen LogP contribution is 2.40. The Balaban J connectivity index is 1.57. The van der Waals surface area contributed by atoms with Gasteiger partial charge in [0.2, 0.25) is 11.9 Å². The fraction of sp³-hybridized carbons (Fsp3) is 0.550. The molecule has 1 saturated heterocycles. The van der Waals surface area contributed by atoms with Gasteiger partial charge in [0.15, 0.2) is 0 Å². The van der Waals surface area contributed by atoms with Crippen LogP contribution in [0.1, 0.15) is 44.2 Å². The molecular formula is C20H26N4O3. The standard InChI is InChI=1S/C20H26N4O3/c1-19(2,3)17(25)24-7-6-20(12-24)13-26-11-14-9-21-18(23-16(14)20)22-10-15-5-4-8-27-15/h4-5,8-9H,6-7,10-13H2,1-3H3,(H,21,22,23)/t20-/m1/s1. The number of ether oxygens (including phenoxy) is 1. The number of nitrogens with one attached hydrogen (secondary N) is 1. The summed E-state index contributed by atoms with van der Waals surface area (Å²) in [5, 5.41) is 3.22. The van der Waals surface area contributed by atoms with Gasteiger partial charge in [0, 0.05) is 30.3 Å². The minimum atomic E-state index is -0.384. The number of anilines is 1. The van der Waals surface area contributed by atoms with Crippen LogP contribution in [0.2, 0.25) is 0 Å². The van der Waals surface area contributed by atoms with Crippen molar-refractivity contribution >= 4 is 11.9 Å². The molecule has 0 radical (unpaired) electrons. The number of nitrogens with zero attached hydrogens (tertiary/aromatic N) is 3. The van der Waals surface area contributed by atoms with Gasteiger partial charge in [-0.3, -0.25) is 4.79 Å². The summed E-state index contributed by atoms with van der Waals surface area (Å²) in [6.07, 6.45) is 4.34. The van der Waals surface area contributed by atoms with Crippen LogP contribution in [-0.2, 0) is 28.1 Å². The molecule has 0 aliphatic carbocycles. The number of furan rings is 1. The Morgan fingerprint density at radius 1 is 1.41 bits per heavy atom. The van der Waals surface area contributed by atoms with Crippen molar-refractivity contribution in [2.45, 2.75) is 45.8 Å². The summed E-state index contributed by atoms with van der Waals surface area (Å²) >= 11 is 0. The Morgan fingerprint density at radius 3 is 3.00 bits per heavy atom. The molecule has 27 heavy (non-hydrogen) atoms. The van der Waals surface area contributed by atoms with Crippen LogP contribution in [0.4, 0.5) is 5.95 Å². The van der Waals surface area contributed by atoms with Gasteiger partial charge in [-0.1, -0.05) is 20.8 Å². The molecule has 7 nitrogen and oxygen atoms in total. The van der Waals surface area contributed by atoms with Gasteiger partial charge < -0.3 is 19.4 Å². The maximum absolute atomic E-state index is 12.7. The highest BCUT2D eigenvalue weighted by molar-refractivity contribution is 5.82. The van der Waals surface area contributed by atoms with E-state index in [2.05, 4.69) is 10.3 Å². The molecule has 1 amide bonds. The molecule has 0 saturated carbocycles. The third kappa shape index (κ3) is 3.43. The van der Waals surface area contributed by atoms with Crippen LogP contribution in [0.3, 0.4) is 0 Å². The second-order valence-electron chi connectivity index (χ2n) is 8.50. The van der Waals surface area contributed by atoms with E-state index < -0.39 is 0 Å². The summed E-state index contributed by atoms with van der Waals surface area (Å²) in [6.45, 7) is 8.90. The first-order valence-corrected chi connectivity index (χ1v) is 9.37. The van der Waals surface area contributed by atoms with Crippen LogP contribution in [0.5, 0.6) is 0 Å². The summed E-state index contributed by atoms with van der Waals surface area (Å²) in [7, 11) is 0. The molecule has 1 N–H and O–H groups in total. The Hall–Kier alpha value is -2.41. The number of amides is 1. The van der Waals surface area contributed by atoms with E-state index in [1.165, 1.54) is 0 Å². The second-order valence-corrected chi connectivity index (χ2v) is 8.50. The number of carbonyl (C=O) groups excluding carboxylic acids is 1. The van der Waals surface area contributed by atoms with Gasteiger partial charge in [-0.05, 0) is 18.6 Å². The summed E-state index contributed by atoms with van der Waals surface area (Å²) in [6, 6.07) is 3.77. The minimum Gasteiger partial charge on any atom is -0.467 e. The molecule has 7 heteroatoms. The quantitative estimate of drug-likeness (QED) is 0.895. The normalized spacial score (nSPS) is 22.1. The summed E-state index contributed by atoms with van der Waals surface area (Å²) in [4.78, 5) is 23.9. The van der Waals surface area contributed by atoms with Crippen LogP contribution >= 0.6 is 0 Å². The molecule has 0 bridgehead atoms. The van der Waals surface area contributed by atoms with Gasteiger partial charge in [0.05, 0.1) is 37.1 Å². The monoisotopic (exact) mass is 370 g/mol. The van der Waals surface area contributed by atoms with Crippen molar-refractivity contribution in [1.29, 1.82) is 0 Å². The molecule has 0 aromatic carbocycles. The van der Waals surface area contributed by atoms with Gasteiger partial charge in [-0.25, -0.2) is 9.97 Å². The van der Waals surface area contributed by atoms with Gasteiger partial charge >= 0.3 is 0 Å². The molecule has 4 heterocycles. The Labute approximate surface area is 159 Å². The maximum Gasteiger partial charge on any atom is 0.227 e. The van der Waals surface area contributed by atoms with Gasteiger partial charge in [0.1, 0.15) is 5.76 Å². The zero-order valence-electron chi connectivity index (χ0n) is 16.1. The van der Waals surface area contributed by atoms with Crippen LogP contribution in [-0.4, -0.2) is 40.5 Å². The topological polar surface area (TPSA) is 80.5 Å². The van der Waals surface area contributed by atoms with Crippen molar-refractivity contribution in [3.63, 3.8) is 0 Å². The molecule has 1 atom stereocenters. The van der Waals surface area contributed by atoms with Crippen molar-refractivity contribution in [3.05, 3.63) is 41.6 Å². The molecule has 2 aromatic rings. The molecule has 1 spiro atoms. The van der Waals surface area contributed by atoms with Gasteiger partial charge in [0.25, 0.3) is 0 Å². The summed E-state index contributed by atoms with van der Waals surface area (Å²) in [5.41, 5.74) is 1.38. The molecule has 144 valence electrons. The lowest BCUT2D eigenvalue weighted by molar-refractivity contribution is -0.138. The molecule has 2 aliphatic heterocycles. The molecular weight excluding hydrogens is 344 g/mol. The van der Waals surface area contributed by atoms with Crippen molar-refractivity contribution in [1.82, 2.24) is 14.9 Å². The maximum atomic E-state index is 12.7. The minimum absolute atomic E-state index is 0.178. The lowest BCUT2D eigenvalue weighted by Crippen LogP contribution is -2.44. The first-order chi connectivity index (χ1) is 12.9. The first kappa shape index (κ1) is 18.0. The van der Waals surface area contributed by atoms with Crippen LogP contribution < -0.4 is 5.32 Å². The number of aromatic nitrogens is 2. The number of hydrogen-bond donors (Lipinski definition) is 1. The average molecular weight is 370 g/mol. The van der Waals surface area contributed by atoms with E-state index in [4.69, 9.17) is 14.1 Å². The summed E-state index contributed by atoms with van der Waals surface area (Å²) < 4.78 is 11.2. The number of fused-ring (bicyclic) bond motifs is 2. The summed E-state index contributed by atoms with van der Waals surface area (Å²) in [5.74, 6) is 1.58. The molecule has 2 aliphatic rings. The fourth-order valence-corrected chi connectivity index (χ4v) is 3.89. The van der Waals surface area contributed by atoms with Crippen molar-refractivity contribution < 1.29 is 13.9 Å². The predicted molar refractivity (Wildman–Crippen MR) is 100 cm³/mol. The smallest absolute Gasteiger partial charge is 0.227 e. The largest absolute Gasteiger partial charge is 0.467 e. The second kappa shape index (κ2) is 6.64. The van der Waals surface area contributed by atoms with E-state index in [1.807, 2.05) is 44.0 Å². The third-order valence-corrected chi connectivity index (χ3v) is 5.29. The molecule has 1 fully saturated rings. The van der Waals surface area contributed by atoms with Crippen molar-refractivity contribution in [2.24, 2.45) is 5.41 Å². The third-order valence-electron chi connectivity index (χ3n) is 5.29. The first-order valence-electron chi connectivity index (χ1n) is 9.37. The van der Waals surface area contributed by atoms with Crippen molar-refractivity contribution in [2.75, 3.05) is 25.0 Å². The molecule has 4 rings (SSSR count). The Kier molecular flexibility index (Phi) is 4.42. The number of likely N-dealkylation sites (tertiary alicyclic amines) is 1. The van der Waals surface area contributed by atoms with Crippen molar-refractivity contribution in [3.8, 4) is 0 Å². The Bertz CT molecular complexity index is 828. The highest BCUT2D eigenvalue weighted by Gasteiger charge is 2.47. The van der Waals surface area contributed by atoms with E-state index in [1.54, 1.807) is 6.26 Å². The van der Waals surface area contributed by atoms with Crippen LogP contribution in [0, 0.1) is 5.41 Å². The van der Waals surface area contributed by atoms with E-state index in [9.17, 15) is 4.79 Å². The SMILES string of the molecule is CC(C)(C)C(=O)N1CC[C@]2(COCc3cnc(NCc4ccco4)nc32)C1. The fourth-order valence-electron chi connectivity index (χ4n) is 3.89. The van der Waals surface area contributed by atoms with E-state index >= 15 is 0 Å². The van der Waals surface area contributed by atoms with E-state index in [-0.39, 0.29) is 16.7 Å². The van der Waals surface area contributed by atoms with Gasteiger partial charge in [-0.2, -0.15) is 0 Å². The Morgan fingerprint density at radius 2 is 2.26 bits per heavy atom. The zero-order valence-corrected chi connectivity index (χ0v) is 16.1. The lowest BCUT2D eigenvalue weighted by Gasteiger charge is -2.35. The average Bonchev–Trinajstić information content (AvgIpc) is 3.30. The number of carbonyl (C=O) groups is 1. The van der Waals surface area contributed by atoms with E-state index in [0.717, 1.165) is 30.0 Å². The zero-order chi connectivity index (χ0) is 19.1. The predicted octanol–water partition coefficient (Wildman–Crippen LogP) is 2.73. The lowest BCUT2D eigenvalue weighted by atomic mass is 9.80.